The number of nitrogens with one attached hydrogen (secondary N) is 1. The first-order chi connectivity index (χ1) is 19.8. The minimum Gasteiger partial charge on any atom is -0.488 e. The lowest BCUT2D eigenvalue weighted by Crippen LogP contribution is -2.32. The average molecular weight is 598 g/mol. The molecule has 0 saturated heterocycles. The standard InChI is InChI=1S/C30H29ClFN3O5S/c1-2-41(36,37)14-13-38-19-30(11-4-12-40-30)22-7-9-27-25(16-22)29(34-20-33-27)35-24-8-10-28(26(31)17-24)39-18-21-5-3-6-23(32)15-21/h3-10,12,15-17,20H,2,11,13-14,18-19H2,1H3,(H,33,34,35). The van der Waals surface area contributed by atoms with Gasteiger partial charge in [-0.1, -0.05) is 36.7 Å². The van der Waals surface area contributed by atoms with Gasteiger partial charge in [-0.3, -0.25) is 0 Å². The molecule has 1 unspecified atom stereocenters. The van der Waals surface area contributed by atoms with Crippen molar-refractivity contribution >= 4 is 43.8 Å². The molecular weight excluding hydrogens is 569 g/mol. The Kier molecular flexibility index (Phi) is 8.72. The summed E-state index contributed by atoms with van der Waals surface area (Å²) in [7, 11) is -3.12. The molecule has 41 heavy (non-hydrogen) atoms. The van der Waals surface area contributed by atoms with E-state index < -0.39 is 15.4 Å². The number of ether oxygens (including phenoxy) is 3. The fourth-order valence-corrected chi connectivity index (χ4v) is 5.35. The number of rotatable bonds is 12. The topological polar surface area (TPSA) is 99.6 Å². The first-order valence-electron chi connectivity index (χ1n) is 13.1. The van der Waals surface area contributed by atoms with Gasteiger partial charge in [0.2, 0.25) is 0 Å². The van der Waals surface area contributed by atoms with Crippen molar-refractivity contribution in [2.24, 2.45) is 0 Å². The molecule has 0 saturated carbocycles. The fraction of sp³-hybridized carbons (Fsp3) is 0.267. The molecule has 1 atom stereocenters. The summed E-state index contributed by atoms with van der Waals surface area (Å²) in [6, 6.07) is 17.3. The van der Waals surface area contributed by atoms with Gasteiger partial charge >= 0.3 is 0 Å². The Hall–Kier alpha value is -3.73. The number of anilines is 2. The molecule has 1 aliphatic heterocycles. The van der Waals surface area contributed by atoms with Gasteiger partial charge in [-0.05, 0) is 59.7 Å². The second-order valence-electron chi connectivity index (χ2n) is 9.62. The molecule has 3 aromatic carbocycles. The lowest BCUT2D eigenvalue weighted by molar-refractivity contribution is -0.0418. The van der Waals surface area contributed by atoms with Crippen molar-refractivity contribution < 1.29 is 27.0 Å². The zero-order chi connectivity index (χ0) is 28.9. The molecule has 0 fully saturated rings. The number of sulfone groups is 1. The Balaban J connectivity index is 1.33. The van der Waals surface area contributed by atoms with Crippen LogP contribution in [0.25, 0.3) is 10.9 Å². The number of nitrogens with zero attached hydrogens (tertiary/aromatic N) is 2. The van der Waals surface area contributed by atoms with Gasteiger partial charge in [0.15, 0.2) is 15.4 Å². The molecule has 2 heterocycles. The molecule has 4 aromatic rings. The Morgan fingerprint density at radius 2 is 2.00 bits per heavy atom. The smallest absolute Gasteiger partial charge is 0.160 e. The molecule has 5 rings (SSSR count). The zero-order valence-electron chi connectivity index (χ0n) is 22.3. The largest absolute Gasteiger partial charge is 0.488 e. The van der Waals surface area contributed by atoms with E-state index in [1.165, 1.54) is 18.5 Å². The van der Waals surface area contributed by atoms with Gasteiger partial charge in [-0.15, -0.1) is 0 Å². The molecule has 1 aromatic heterocycles. The van der Waals surface area contributed by atoms with E-state index in [-0.39, 0.29) is 37.1 Å². The van der Waals surface area contributed by atoms with Crippen LogP contribution in [0.4, 0.5) is 15.9 Å². The lowest BCUT2D eigenvalue weighted by Gasteiger charge is -2.29. The predicted molar refractivity (Wildman–Crippen MR) is 157 cm³/mol. The lowest BCUT2D eigenvalue weighted by atomic mass is 9.91. The Morgan fingerprint density at radius 3 is 2.76 bits per heavy atom. The summed E-state index contributed by atoms with van der Waals surface area (Å²) in [6.07, 6.45) is 5.60. The molecule has 0 radical (unpaired) electrons. The molecule has 1 aliphatic rings. The zero-order valence-corrected chi connectivity index (χ0v) is 23.9. The Labute approximate surface area is 243 Å². The van der Waals surface area contributed by atoms with E-state index >= 15 is 0 Å². The second kappa shape index (κ2) is 12.4. The van der Waals surface area contributed by atoms with E-state index in [0.717, 1.165) is 16.5 Å². The van der Waals surface area contributed by atoms with Gasteiger partial charge in [0.25, 0.3) is 0 Å². The molecule has 0 spiro atoms. The number of hydrogen-bond acceptors (Lipinski definition) is 8. The minimum absolute atomic E-state index is 0.0379. The summed E-state index contributed by atoms with van der Waals surface area (Å²) in [5.41, 5.74) is 2.17. The quantitative estimate of drug-likeness (QED) is 0.189. The van der Waals surface area contributed by atoms with Crippen LogP contribution in [0.15, 0.2) is 79.3 Å². The Morgan fingerprint density at radius 1 is 1.12 bits per heavy atom. The predicted octanol–water partition coefficient (Wildman–Crippen LogP) is 6.33. The van der Waals surface area contributed by atoms with Crippen LogP contribution in [-0.2, 0) is 31.5 Å². The van der Waals surface area contributed by atoms with Crippen molar-refractivity contribution in [3.8, 4) is 5.75 Å². The van der Waals surface area contributed by atoms with Crippen LogP contribution >= 0.6 is 11.6 Å². The molecule has 0 amide bonds. The van der Waals surface area contributed by atoms with Gasteiger partial charge in [0.05, 0.1) is 35.8 Å². The van der Waals surface area contributed by atoms with Crippen molar-refractivity contribution in [1.29, 1.82) is 0 Å². The summed E-state index contributed by atoms with van der Waals surface area (Å²) in [6.45, 7) is 2.08. The highest BCUT2D eigenvalue weighted by Gasteiger charge is 2.36. The molecule has 1 N–H and O–H groups in total. The monoisotopic (exact) mass is 597 g/mol. The highest BCUT2D eigenvalue weighted by atomic mass is 35.5. The maximum absolute atomic E-state index is 13.5. The van der Waals surface area contributed by atoms with Crippen molar-refractivity contribution in [2.75, 3.05) is 30.0 Å². The van der Waals surface area contributed by atoms with Gasteiger partial charge in [-0.2, -0.15) is 0 Å². The van der Waals surface area contributed by atoms with E-state index in [1.54, 1.807) is 37.5 Å². The molecule has 214 valence electrons. The highest BCUT2D eigenvalue weighted by Crippen LogP contribution is 2.38. The molecule has 8 nitrogen and oxygen atoms in total. The van der Waals surface area contributed by atoms with Crippen LogP contribution in [0.5, 0.6) is 5.75 Å². The van der Waals surface area contributed by atoms with Crippen molar-refractivity contribution in [3.63, 3.8) is 0 Å². The maximum atomic E-state index is 13.5. The van der Waals surface area contributed by atoms with E-state index in [4.69, 9.17) is 25.8 Å². The van der Waals surface area contributed by atoms with E-state index in [1.807, 2.05) is 30.3 Å². The maximum Gasteiger partial charge on any atom is 0.160 e. The van der Waals surface area contributed by atoms with Gasteiger partial charge in [-0.25, -0.2) is 22.8 Å². The summed E-state index contributed by atoms with van der Waals surface area (Å²) >= 11 is 6.49. The van der Waals surface area contributed by atoms with Crippen LogP contribution in [-0.4, -0.2) is 43.1 Å². The first kappa shape index (κ1) is 28.8. The van der Waals surface area contributed by atoms with Crippen LogP contribution in [0.2, 0.25) is 5.02 Å². The summed E-state index contributed by atoms with van der Waals surface area (Å²) < 4.78 is 54.8. The second-order valence-corrected chi connectivity index (χ2v) is 12.5. The van der Waals surface area contributed by atoms with Crippen molar-refractivity contribution in [2.45, 2.75) is 25.6 Å². The highest BCUT2D eigenvalue weighted by molar-refractivity contribution is 7.91. The van der Waals surface area contributed by atoms with Crippen LogP contribution in [0, 0.1) is 5.82 Å². The van der Waals surface area contributed by atoms with Crippen molar-refractivity contribution in [1.82, 2.24) is 9.97 Å². The fourth-order valence-electron chi connectivity index (χ4n) is 4.45. The summed E-state index contributed by atoms with van der Waals surface area (Å²) in [4.78, 5) is 8.85. The SMILES string of the molecule is CCS(=O)(=O)CCOCC1(c2ccc3ncnc(Nc4ccc(OCc5cccc(F)c5)c(Cl)c4)c3c2)CC=CO1. The Bertz CT molecular complexity index is 1670. The van der Waals surface area contributed by atoms with Gasteiger partial charge < -0.3 is 19.5 Å². The molecule has 0 aliphatic carbocycles. The molecular formula is C30H29ClFN3O5S. The molecule has 11 heteroatoms. The van der Waals surface area contributed by atoms with Crippen LogP contribution in [0.3, 0.4) is 0 Å². The third kappa shape index (κ3) is 6.95. The van der Waals surface area contributed by atoms with E-state index in [9.17, 15) is 12.8 Å². The van der Waals surface area contributed by atoms with Crippen LogP contribution < -0.4 is 10.1 Å². The van der Waals surface area contributed by atoms with Gasteiger partial charge in [0.1, 0.15) is 30.3 Å². The van der Waals surface area contributed by atoms with E-state index in [2.05, 4.69) is 15.3 Å². The van der Waals surface area contributed by atoms with E-state index in [0.29, 0.717) is 34.3 Å². The molecule has 0 bridgehead atoms. The summed E-state index contributed by atoms with van der Waals surface area (Å²) in [5, 5.41) is 4.45. The summed E-state index contributed by atoms with van der Waals surface area (Å²) in [5.74, 6) is 0.751. The number of hydrogen-bond donors (Lipinski definition) is 1. The normalized spacial score (nSPS) is 16.6. The number of fused-ring (bicyclic) bond motifs is 1. The third-order valence-corrected chi connectivity index (χ3v) is 8.75. The third-order valence-electron chi connectivity index (χ3n) is 6.79. The first-order valence-corrected chi connectivity index (χ1v) is 15.3. The van der Waals surface area contributed by atoms with Crippen LogP contribution in [0.1, 0.15) is 24.5 Å². The minimum atomic E-state index is -3.12. The number of aromatic nitrogens is 2. The number of halogens is 2. The number of benzene rings is 3. The average Bonchev–Trinajstić information content (AvgIpc) is 3.45. The van der Waals surface area contributed by atoms with Crippen molar-refractivity contribution in [3.05, 3.63) is 101 Å². The van der Waals surface area contributed by atoms with Gasteiger partial charge in [0, 0.05) is 23.2 Å².